The van der Waals surface area contributed by atoms with E-state index in [2.05, 4.69) is 0 Å². The van der Waals surface area contributed by atoms with Crippen molar-refractivity contribution in [3.05, 3.63) is 59.7 Å². The highest BCUT2D eigenvalue weighted by molar-refractivity contribution is 6.02. The van der Waals surface area contributed by atoms with E-state index in [0.29, 0.717) is 6.54 Å². The molecule has 0 aliphatic carbocycles. The van der Waals surface area contributed by atoms with E-state index < -0.39 is 5.97 Å². The first-order valence-electron chi connectivity index (χ1n) is 8.86. The van der Waals surface area contributed by atoms with Crippen molar-refractivity contribution in [2.24, 2.45) is 0 Å². The molecule has 2 aromatic carbocycles. The van der Waals surface area contributed by atoms with Gasteiger partial charge in [-0.15, -0.1) is 0 Å². The van der Waals surface area contributed by atoms with Gasteiger partial charge in [0.1, 0.15) is 6.54 Å². The molecular formula is C21H22N2O4. The molecule has 1 aliphatic heterocycles. The van der Waals surface area contributed by atoms with Crippen molar-refractivity contribution >= 4 is 17.9 Å². The van der Waals surface area contributed by atoms with Crippen molar-refractivity contribution in [3.63, 3.8) is 0 Å². The number of carbonyl (C=O) groups is 3. The first-order chi connectivity index (χ1) is 12.8. The number of carboxylic acid groups (broad SMARTS) is 1. The predicted octanol–water partition coefficient (Wildman–Crippen LogP) is 3.15. The van der Waals surface area contributed by atoms with E-state index in [0.717, 1.165) is 22.3 Å². The van der Waals surface area contributed by atoms with Gasteiger partial charge < -0.3 is 10.0 Å². The van der Waals surface area contributed by atoms with E-state index in [1.165, 1.54) is 4.90 Å². The third-order valence-electron chi connectivity index (χ3n) is 4.56. The van der Waals surface area contributed by atoms with E-state index in [1.54, 1.807) is 4.90 Å². The Balaban J connectivity index is 1.68. The Kier molecular flexibility index (Phi) is 5.26. The van der Waals surface area contributed by atoms with Crippen LogP contribution in [-0.4, -0.2) is 45.4 Å². The Morgan fingerprint density at radius 2 is 1.48 bits per heavy atom. The van der Waals surface area contributed by atoms with Crippen molar-refractivity contribution in [2.45, 2.75) is 32.9 Å². The lowest BCUT2D eigenvalue weighted by Gasteiger charge is -2.20. The molecule has 1 saturated heterocycles. The minimum absolute atomic E-state index is 0.00912. The summed E-state index contributed by atoms with van der Waals surface area (Å²) in [5, 5.41) is 8.83. The molecule has 2 aromatic rings. The fraction of sp³-hybridized carbons (Fsp3) is 0.286. The maximum Gasteiger partial charge on any atom is 0.327 e. The summed E-state index contributed by atoms with van der Waals surface area (Å²) >= 11 is 0. The van der Waals surface area contributed by atoms with Crippen LogP contribution in [0.1, 0.15) is 25.0 Å². The monoisotopic (exact) mass is 366 g/mol. The Hall–Kier alpha value is -3.15. The van der Waals surface area contributed by atoms with E-state index in [4.69, 9.17) is 5.11 Å². The summed E-state index contributed by atoms with van der Waals surface area (Å²) in [7, 11) is 0. The number of carbonyl (C=O) groups excluding carboxylic acids is 2. The molecule has 1 N–H and O–H groups in total. The summed E-state index contributed by atoms with van der Waals surface area (Å²) in [6.07, 6.45) is 0.00912. The normalized spacial score (nSPS) is 14.3. The number of urea groups is 1. The topological polar surface area (TPSA) is 77.9 Å². The number of aliphatic carboxylic acids is 1. The van der Waals surface area contributed by atoms with E-state index in [9.17, 15) is 14.4 Å². The molecule has 1 heterocycles. The SMILES string of the molecule is CC(C)N1C(=O)CN(Cc2ccc(-c3ccc(CC(=O)O)cc3)cc2)C1=O. The second-order valence-electron chi connectivity index (χ2n) is 6.96. The van der Waals surface area contributed by atoms with Gasteiger partial charge in [0.25, 0.3) is 5.91 Å². The van der Waals surface area contributed by atoms with Crippen LogP contribution in [0.5, 0.6) is 0 Å². The lowest BCUT2D eigenvalue weighted by molar-refractivity contribution is -0.136. The number of hydrogen-bond acceptors (Lipinski definition) is 3. The molecule has 3 amide bonds. The highest BCUT2D eigenvalue weighted by atomic mass is 16.4. The molecule has 0 aromatic heterocycles. The molecule has 6 nitrogen and oxygen atoms in total. The zero-order valence-electron chi connectivity index (χ0n) is 15.4. The van der Waals surface area contributed by atoms with Crippen LogP contribution in [0, 0.1) is 0 Å². The smallest absolute Gasteiger partial charge is 0.327 e. The number of rotatable bonds is 6. The first kappa shape index (κ1) is 18.6. The van der Waals surface area contributed by atoms with Gasteiger partial charge >= 0.3 is 12.0 Å². The number of amides is 3. The van der Waals surface area contributed by atoms with Gasteiger partial charge in [0, 0.05) is 12.6 Å². The summed E-state index contributed by atoms with van der Waals surface area (Å²) in [6.45, 7) is 4.17. The summed E-state index contributed by atoms with van der Waals surface area (Å²) in [4.78, 5) is 37.9. The second kappa shape index (κ2) is 7.61. The minimum Gasteiger partial charge on any atom is -0.481 e. The van der Waals surface area contributed by atoms with Crippen LogP contribution in [-0.2, 0) is 22.6 Å². The molecule has 0 unspecified atom stereocenters. The van der Waals surface area contributed by atoms with Gasteiger partial charge in [0.15, 0.2) is 0 Å². The second-order valence-corrected chi connectivity index (χ2v) is 6.96. The number of carboxylic acids is 1. The van der Waals surface area contributed by atoms with Gasteiger partial charge in [0.2, 0.25) is 0 Å². The van der Waals surface area contributed by atoms with Gasteiger partial charge in [-0.25, -0.2) is 4.79 Å². The highest BCUT2D eigenvalue weighted by Gasteiger charge is 2.37. The Morgan fingerprint density at radius 1 is 0.963 bits per heavy atom. The maximum atomic E-state index is 12.3. The standard InChI is InChI=1S/C21H22N2O4/c1-14(2)23-19(24)13-22(21(23)27)12-16-5-9-18(10-6-16)17-7-3-15(4-8-17)11-20(25)26/h3-10,14H,11-13H2,1-2H3,(H,25,26). The average molecular weight is 366 g/mol. The molecule has 1 fully saturated rings. The van der Waals surface area contributed by atoms with Gasteiger partial charge in [-0.1, -0.05) is 48.5 Å². The van der Waals surface area contributed by atoms with Gasteiger partial charge in [0.05, 0.1) is 6.42 Å². The van der Waals surface area contributed by atoms with Crippen molar-refractivity contribution in [1.29, 1.82) is 0 Å². The van der Waals surface area contributed by atoms with Crippen molar-refractivity contribution < 1.29 is 19.5 Å². The van der Waals surface area contributed by atoms with Gasteiger partial charge in [-0.05, 0) is 36.1 Å². The zero-order valence-corrected chi connectivity index (χ0v) is 15.4. The van der Waals surface area contributed by atoms with Gasteiger partial charge in [-0.2, -0.15) is 0 Å². The Bertz CT molecular complexity index is 857. The molecule has 3 rings (SSSR count). The maximum absolute atomic E-state index is 12.3. The highest BCUT2D eigenvalue weighted by Crippen LogP contribution is 2.22. The average Bonchev–Trinajstić information content (AvgIpc) is 2.89. The molecule has 140 valence electrons. The quantitative estimate of drug-likeness (QED) is 0.797. The van der Waals surface area contributed by atoms with Crippen LogP contribution >= 0.6 is 0 Å². The predicted molar refractivity (Wildman–Crippen MR) is 101 cm³/mol. The minimum atomic E-state index is -0.849. The largest absolute Gasteiger partial charge is 0.481 e. The molecule has 27 heavy (non-hydrogen) atoms. The molecule has 0 atom stereocenters. The van der Waals surface area contributed by atoms with Crippen LogP contribution in [0.2, 0.25) is 0 Å². The van der Waals surface area contributed by atoms with Crippen LogP contribution in [0.4, 0.5) is 4.79 Å². The lowest BCUT2D eigenvalue weighted by Crippen LogP contribution is -2.37. The third kappa shape index (κ3) is 4.16. The number of hydrogen-bond donors (Lipinski definition) is 1. The van der Waals surface area contributed by atoms with E-state index in [1.807, 2.05) is 62.4 Å². The first-order valence-corrected chi connectivity index (χ1v) is 8.86. The van der Waals surface area contributed by atoms with Crippen molar-refractivity contribution in [2.75, 3.05) is 6.54 Å². The van der Waals surface area contributed by atoms with Crippen molar-refractivity contribution in [1.82, 2.24) is 9.80 Å². The number of nitrogens with zero attached hydrogens (tertiary/aromatic N) is 2. The summed E-state index contributed by atoms with van der Waals surface area (Å²) < 4.78 is 0. The molecule has 6 heteroatoms. The van der Waals surface area contributed by atoms with E-state index >= 15 is 0 Å². The summed E-state index contributed by atoms with van der Waals surface area (Å²) in [5.41, 5.74) is 3.71. The molecular weight excluding hydrogens is 344 g/mol. The molecule has 1 aliphatic rings. The molecule has 0 saturated carbocycles. The van der Waals surface area contributed by atoms with Gasteiger partial charge in [-0.3, -0.25) is 14.5 Å². The molecule has 0 bridgehead atoms. The van der Waals surface area contributed by atoms with Crippen LogP contribution in [0.15, 0.2) is 48.5 Å². The van der Waals surface area contributed by atoms with Crippen LogP contribution < -0.4 is 0 Å². The fourth-order valence-corrected chi connectivity index (χ4v) is 3.21. The van der Waals surface area contributed by atoms with Crippen molar-refractivity contribution in [3.8, 4) is 11.1 Å². The van der Waals surface area contributed by atoms with Crippen LogP contribution in [0.3, 0.4) is 0 Å². The molecule has 0 radical (unpaired) electrons. The van der Waals surface area contributed by atoms with E-state index in [-0.39, 0.29) is 30.9 Å². The summed E-state index contributed by atoms with van der Waals surface area (Å²) in [6, 6.07) is 14.8. The Morgan fingerprint density at radius 3 is 1.93 bits per heavy atom. The fourth-order valence-electron chi connectivity index (χ4n) is 3.21. The Labute approximate surface area is 158 Å². The van der Waals surface area contributed by atoms with Crippen LogP contribution in [0.25, 0.3) is 11.1 Å². The number of benzene rings is 2. The molecule has 0 spiro atoms. The third-order valence-corrected chi connectivity index (χ3v) is 4.56. The zero-order chi connectivity index (χ0) is 19.6. The lowest BCUT2D eigenvalue weighted by atomic mass is 10.0. The number of imide groups is 1. The summed E-state index contributed by atoms with van der Waals surface area (Å²) in [5.74, 6) is -1.01.